The Balaban J connectivity index is 2.63. The summed E-state index contributed by atoms with van der Waals surface area (Å²) >= 11 is 0. The summed E-state index contributed by atoms with van der Waals surface area (Å²) in [5.41, 5.74) is -3.07. The van der Waals surface area contributed by atoms with Gasteiger partial charge in [-0.15, -0.1) is 0 Å². The van der Waals surface area contributed by atoms with Gasteiger partial charge in [-0.2, -0.15) is 13.2 Å². The third kappa shape index (κ3) is 2.78. The molecule has 0 saturated carbocycles. The third-order valence-electron chi connectivity index (χ3n) is 2.43. The number of aliphatic carboxylic acids is 1. The monoisotopic (exact) mass is 256 g/mol. The highest BCUT2D eigenvalue weighted by molar-refractivity contribution is 5.79. The maximum atomic E-state index is 12.5. The van der Waals surface area contributed by atoms with Crippen molar-refractivity contribution in [2.24, 2.45) is 0 Å². The lowest BCUT2D eigenvalue weighted by Gasteiger charge is -2.29. The normalized spacial score (nSPS) is 23.8. The van der Waals surface area contributed by atoms with Crippen LogP contribution in [0.4, 0.5) is 18.0 Å². The van der Waals surface area contributed by atoms with Gasteiger partial charge < -0.3 is 15.2 Å². The van der Waals surface area contributed by atoms with Gasteiger partial charge in [0.05, 0.1) is 6.54 Å². The summed E-state index contributed by atoms with van der Waals surface area (Å²) in [6, 6.07) is 0. The fourth-order valence-electron chi connectivity index (χ4n) is 1.16. The van der Waals surface area contributed by atoms with Gasteiger partial charge in [0.25, 0.3) is 0 Å². The molecule has 0 aliphatic carbocycles. The summed E-state index contributed by atoms with van der Waals surface area (Å²) in [7, 11) is 0. The first-order chi connectivity index (χ1) is 7.67. The number of carbonyl (C=O) groups is 2. The molecule has 0 aromatic rings. The van der Waals surface area contributed by atoms with Crippen LogP contribution < -0.4 is 10.6 Å². The van der Waals surface area contributed by atoms with E-state index in [9.17, 15) is 22.8 Å². The Bertz CT molecular complexity index is 333. The van der Waals surface area contributed by atoms with Gasteiger partial charge in [0.2, 0.25) is 5.54 Å². The second-order valence-electron chi connectivity index (χ2n) is 3.72. The van der Waals surface area contributed by atoms with Gasteiger partial charge in [0, 0.05) is 6.54 Å². The van der Waals surface area contributed by atoms with Gasteiger partial charge >= 0.3 is 18.2 Å². The number of amides is 1. The molecule has 6 nitrogen and oxygen atoms in total. The van der Waals surface area contributed by atoms with E-state index in [1.165, 1.54) is 0 Å². The number of hydrogen-bond donors (Lipinski definition) is 3. The van der Waals surface area contributed by atoms with E-state index in [2.05, 4.69) is 10.1 Å². The Hall–Kier alpha value is -1.51. The summed E-state index contributed by atoms with van der Waals surface area (Å²) in [5, 5.41) is 12.7. The molecule has 9 heteroatoms. The molecule has 0 bridgehead atoms. The van der Waals surface area contributed by atoms with E-state index in [4.69, 9.17) is 5.11 Å². The number of cyclic esters (lactones) is 1. The lowest BCUT2D eigenvalue weighted by atomic mass is 10.0. The molecule has 17 heavy (non-hydrogen) atoms. The molecule has 1 fully saturated rings. The third-order valence-corrected chi connectivity index (χ3v) is 2.43. The summed E-state index contributed by atoms with van der Waals surface area (Å²) in [6.07, 6.45) is -6.50. The molecule has 3 N–H and O–H groups in total. The van der Waals surface area contributed by atoms with Crippen molar-refractivity contribution in [1.82, 2.24) is 10.6 Å². The first-order valence-corrected chi connectivity index (χ1v) is 4.66. The topological polar surface area (TPSA) is 87.7 Å². The Labute approximate surface area is 94.1 Å². The molecule has 1 rings (SSSR count). The van der Waals surface area contributed by atoms with Gasteiger partial charge in [-0.3, -0.25) is 5.32 Å². The highest BCUT2D eigenvalue weighted by Crippen LogP contribution is 2.30. The number of carboxylic acid groups (broad SMARTS) is 1. The molecule has 0 radical (unpaired) electrons. The number of carboxylic acids is 1. The number of carbonyl (C=O) groups excluding carboxylic acids is 1. The Kier molecular flexibility index (Phi) is 3.51. The fraction of sp³-hybridized carbons (Fsp3) is 0.750. The molecule has 0 aromatic carbocycles. The van der Waals surface area contributed by atoms with E-state index >= 15 is 0 Å². The minimum Gasteiger partial charge on any atom is -0.480 e. The van der Waals surface area contributed by atoms with Crippen LogP contribution in [-0.4, -0.2) is 48.1 Å². The van der Waals surface area contributed by atoms with Gasteiger partial charge in [-0.05, 0) is 6.92 Å². The van der Waals surface area contributed by atoms with Gasteiger partial charge in [-0.1, -0.05) is 0 Å². The average molecular weight is 256 g/mol. The van der Waals surface area contributed by atoms with Crippen LogP contribution in [0.3, 0.4) is 0 Å². The van der Waals surface area contributed by atoms with Crippen molar-refractivity contribution in [3.05, 3.63) is 0 Å². The van der Waals surface area contributed by atoms with Gasteiger partial charge in [0.15, 0.2) is 0 Å². The summed E-state index contributed by atoms with van der Waals surface area (Å²) in [5.74, 6) is -2.04. The van der Waals surface area contributed by atoms with Crippen LogP contribution in [-0.2, 0) is 9.53 Å². The molecule has 0 spiro atoms. The van der Waals surface area contributed by atoms with Gasteiger partial charge in [0.1, 0.15) is 6.10 Å². The average Bonchev–Trinajstić information content (AvgIpc) is 2.58. The van der Waals surface area contributed by atoms with E-state index in [1.807, 2.05) is 5.32 Å². The molecule has 2 unspecified atom stereocenters. The van der Waals surface area contributed by atoms with E-state index < -0.39 is 36.4 Å². The zero-order chi connectivity index (χ0) is 13.3. The zero-order valence-electron chi connectivity index (χ0n) is 8.80. The van der Waals surface area contributed by atoms with Crippen LogP contribution in [0, 0.1) is 0 Å². The Morgan fingerprint density at radius 2 is 2.24 bits per heavy atom. The standard InChI is InChI=1S/C8H11F3N2O4/c1-7(5(14)15,8(9,10)11)13-3-4-2-12-6(16)17-4/h4,13H,2-3H2,1H3,(H,12,16)(H,14,15). The molecular weight excluding hydrogens is 245 g/mol. The first kappa shape index (κ1) is 13.6. The minimum absolute atomic E-state index is 0.0411. The van der Waals surface area contributed by atoms with E-state index in [1.54, 1.807) is 0 Å². The van der Waals surface area contributed by atoms with Crippen molar-refractivity contribution < 1.29 is 32.6 Å². The van der Waals surface area contributed by atoms with Crippen molar-refractivity contribution in [1.29, 1.82) is 0 Å². The van der Waals surface area contributed by atoms with E-state index in [0.29, 0.717) is 6.92 Å². The van der Waals surface area contributed by atoms with Crippen molar-refractivity contribution >= 4 is 12.1 Å². The van der Waals surface area contributed by atoms with E-state index in [0.717, 1.165) is 0 Å². The quantitative estimate of drug-likeness (QED) is 0.663. The van der Waals surface area contributed by atoms with Crippen LogP contribution in [0.15, 0.2) is 0 Å². The Morgan fingerprint density at radius 1 is 1.65 bits per heavy atom. The Morgan fingerprint density at radius 3 is 2.59 bits per heavy atom. The van der Waals surface area contributed by atoms with Crippen molar-refractivity contribution in [3.8, 4) is 0 Å². The predicted molar refractivity (Wildman–Crippen MR) is 48.4 cm³/mol. The molecule has 0 aromatic heterocycles. The van der Waals surface area contributed by atoms with Crippen LogP contribution in [0.2, 0.25) is 0 Å². The molecule has 98 valence electrons. The SMILES string of the molecule is CC(NCC1CNC(=O)O1)(C(=O)O)C(F)(F)F. The fourth-order valence-corrected chi connectivity index (χ4v) is 1.16. The molecule has 1 aliphatic heterocycles. The number of alkyl carbamates (subject to hydrolysis) is 1. The van der Waals surface area contributed by atoms with Crippen LogP contribution in [0.1, 0.15) is 6.92 Å². The minimum atomic E-state index is -4.95. The number of hydrogen-bond acceptors (Lipinski definition) is 4. The highest BCUT2D eigenvalue weighted by Gasteiger charge is 2.57. The molecule has 1 heterocycles. The predicted octanol–water partition coefficient (Wildman–Crippen LogP) is 0.0900. The summed E-state index contributed by atoms with van der Waals surface area (Å²) in [6.45, 7) is 0.153. The highest BCUT2D eigenvalue weighted by atomic mass is 19.4. The molecule has 1 aliphatic rings. The molecule has 1 amide bonds. The summed E-state index contributed by atoms with van der Waals surface area (Å²) < 4.78 is 42.2. The zero-order valence-corrected chi connectivity index (χ0v) is 8.80. The van der Waals surface area contributed by atoms with E-state index in [-0.39, 0.29) is 6.54 Å². The maximum absolute atomic E-state index is 12.5. The number of rotatable bonds is 4. The molecule has 1 saturated heterocycles. The largest absolute Gasteiger partial charge is 0.480 e. The van der Waals surface area contributed by atoms with Crippen molar-refractivity contribution in [2.75, 3.05) is 13.1 Å². The lowest BCUT2D eigenvalue weighted by Crippen LogP contribution is -2.61. The smallest absolute Gasteiger partial charge is 0.417 e. The second kappa shape index (κ2) is 4.40. The number of nitrogens with one attached hydrogen (secondary N) is 2. The van der Waals surface area contributed by atoms with Crippen LogP contribution in [0.5, 0.6) is 0 Å². The number of alkyl halides is 3. The van der Waals surface area contributed by atoms with Gasteiger partial charge in [-0.25, -0.2) is 9.59 Å². The number of halogens is 3. The molecule has 2 atom stereocenters. The molecular formula is C8H11F3N2O4. The van der Waals surface area contributed by atoms with Crippen molar-refractivity contribution in [2.45, 2.75) is 24.7 Å². The summed E-state index contributed by atoms with van der Waals surface area (Å²) in [4.78, 5) is 21.2. The van der Waals surface area contributed by atoms with Crippen LogP contribution in [0.25, 0.3) is 0 Å². The lowest BCUT2D eigenvalue weighted by molar-refractivity contribution is -0.206. The second-order valence-corrected chi connectivity index (χ2v) is 3.72. The maximum Gasteiger partial charge on any atom is 0.417 e. The first-order valence-electron chi connectivity index (χ1n) is 4.66. The number of ether oxygens (including phenoxy) is 1. The van der Waals surface area contributed by atoms with Crippen molar-refractivity contribution in [3.63, 3.8) is 0 Å². The van der Waals surface area contributed by atoms with Crippen LogP contribution >= 0.6 is 0 Å².